The fourth-order valence-electron chi connectivity index (χ4n) is 2.65. The summed E-state index contributed by atoms with van der Waals surface area (Å²) in [5.74, 6) is -1.49. The van der Waals surface area contributed by atoms with Crippen LogP contribution in [0.5, 0.6) is 0 Å². The molecule has 1 N–H and O–H groups in total. The molecule has 0 aliphatic heterocycles. The van der Waals surface area contributed by atoms with Gasteiger partial charge in [-0.15, -0.1) is 0 Å². The Morgan fingerprint density at radius 1 is 1.33 bits per heavy atom. The summed E-state index contributed by atoms with van der Waals surface area (Å²) >= 11 is 9.05. The number of benzene rings is 1. The van der Waals surface area contributed by atoms with Gasteiger partial charge < -0.3 is 5.11 Å². The highest BCUT2D eigenvalue weighted by Crippen LogP contribution is 2.44. The molecule has 2 nitrogen and oxygen atoms in total. The molecular formula is C13H13BrClFO2. The van der Waals surface area contributed by atoms with Crippen LogP contribution in [0.1, 0.15) is 37.7 Å². The van der Waals surface area contributed by atoms with E-state index < -0.39 is 17.2 Å². The van der Waals surface area contributed by atoms with Gasteiger partial charge in [0, 0.05) is 0 Å². The molecule has 1 aromatic rings. The average molecular weight is 336 g/mol. The van der Waals surface area contributed by atoms with E-state index in [9.17, 15) is 14.3 Å². The van der Waals surface area contributed by atoms with E-state index in [0.717, 1.165) is 19.3 Å². The van der Waals surface area contributed by atoms with Gasteiger partial charge in [0.1, 0.15) is 0 Å². The molecule has 1 aromatic carbocycles. The molecular weight excluding hydrogens is 322 g/mol. The number of carbonyl (C=O) groups is 1. The van der Waals surface area contributed by atoms with Gasteiger partial charge in [-0.25, -0.2) is 4.39 Å². The van der Waals surface area contributed by atoms with Crippen molar-refractivity contribution in [2.45, 2.75) is 37.5 Å². The Bertz CT molecular complexity index is 484. The number of hydrogen-bond donors (Lipinski definition) is 1. The van der Waals surface area contributed by atoms with Gasteiger partial charge in [-0.1, -0.05) is 36.9 Å². The first-order valence-corrected chi connectivity index (χ1v) is 7.03. The Hall–Kier alpha value is -0.610. The van der Waals surface area contributed by atoms with Crippen LogP contribution in [0.15, 0.2) is 16.6 Å². The minimum Gasteiger partial charge on any atom is -0.481 e. The minimum absolute atomic E-state index is 0.0753. The van der Waals surface area contributed by atoms with Crippen LogP contribution < -0.4 is 0 Å². The highest BCUT2D eigenvalue weighted by Gasteiger charge is 2.43. The molecule has 0 heterocycles. The summed E-state index contributed by atoms with van der Waals surface area (Å²) in [4.78, 5) is 11.6. The van der Waals surface area contributed by atoms with Crippen LogP contribution in [0.4, 0.5) is 4.39 Å². The lowest BCUT2D eigenvalue weighted by molar-refractivity contribution is -0.145. The van der Waals surface area contributed by atoms with Gasteiger partial charge in [0.15, 0.2) is 5.82 Å². The van der Waals surface area contributed by atoms with Crippen LogP contribution in [-0.2, 0) is 10.2 Å². The quantitative estimate of drug-likeness (QED) is 0.806. The molecule has 1 aliphatic rings. The summed E-state index contributed by atoms with van der Waals surface area (Å²) in [5, 5.41) is 9.46. The van der Waals surface area contributed by atoms with Crippen molar-refractivity contribution in [3.63, 3.8) is 0 Å². The highest BCUT2D eigenvalue weighted by molar-refractivity contribution is 9.10. The summed E-state index contributed by atoms with van der Waals surface area (Å²) in [6.45, 7) is 0. The van der Waals surface area contributed by atoms with E-state index in [1.54, 1.807) is 6.07 Å². The van der Waals surface area contributed by atoms with Crippen molar-refractivity contribution in [3.8, 4) is 0 Å². The first-order chi connectivity index (χ1) is 8.49. The zero-order valence-electron chi connectivity index (χ0n) is 9.68. The maximum atomic E-state index is 13.8. The predicted molar refractivity (Wildman–Crippen MR) is 71.5 cm³/mol. The zero-order chi connectivity index (χ0) is 13.3. The van der Waals surface area contributed by atoms with Crippen molar-refractivity contribution < 1.29 is 14.3 Å². The third-order valence-corrected chi connectivity index (χ3v) is 4.65. The van der Waals surface area contributed by atoms with Gasteiger partial charge in [-0.05, 0) is 40.4 Å². The summed E-state index contributed by atoms with van der Waals surface area (Å²) < 4.78 is 14.1. The minimum atomic E-state index is -1.03. The monoisotopic (exact) mass is 334 g/mol. The molecule has 0 saturated heterocycles. The topological polar surface area (TPSA) is 37.3 Å². The van der Waals surface area contributed by atoms with Crippen LogP contribution in [0.3, 0.4) is 0 Å². The largest absolute Gasteiger partial charge is 0.481 e. The molecule has 18 heavy (non-hydrogen) atoms. The van der Waals surface area contributed by atoms with Gasteiger partial charge in [0.25, 0.3) is 0 Å². The molecule has 0 unspecified atom stereocenters. The number of carboxylic acid groups (broad SMARTS) is 1. The van der Waals surface area contributed by atoms with E-state index in [0.29, 0.717) is 18.4 Å². The number of aliphatic carboxylic acids is 1. The van der Waals surface area contributed by atoms with E-state index in [2.05, 4.69) is 15.9 Å². The van der Waals surface area contributed by atoms with E-state index in [1.807, 2.05) is 0 Å². The fraction of sp³-hybridized carbons (Fsp3) is 0.462. The van der Waals surface area contributed by atoms with Crippen LogP contribution in [0.2, 0.25) is 5.02 Å². The van der Waals surface area contributed by atoms with Gasteiger partial charge >= 0.3 is 5.97 Å². The van der Waals surface area contributed by atoms with Gasteiger partial charge in [-0.3, -0.25) is 4.79 Å². The predicted octanol–water partition coefficient (Wildman–Crippen LogP) is 4.53. The Labute approximate surface area is 118 Å². The van der Waals surface area contributed by atoms with Gasteiger partial charge in [0.05, 0.1) is 14.9 Å². The van der Waals surface area contributed by atoms with E-state index in [1.165, 1.54) is 6.07 Å². The van der Waals surface area contributed by atoms with Gasteiger partial charge in [-0.2, -0.15) is 0 Å². The Kier molecular flexibility index (Phi) is 3.97. The first kappa shape index (κ1) is 13.8. The molecule has 98 valence electrons. The summed E-state index contributed by atoms with van der Waals surface area (Å²) in [6.07, 6.45) is 3.72. The normalized spacial score (nSPS) is 18.6. The van der Waals surface area contributed by atoms with Crippen molar-refractivity contribution in [2.24, 2.45) is 0 Å². The van der Waals surface area contributed by atoms with Crippen molar-refractivity contribution in [2.75, 3.05) is 0 Å². The lowest BCUT2D eigenvalue weighted by Gasteiger charge is -2.34. The molecule has 2 rings (SSSR count). The molecule has 1 aliphatic carbocycles. The van der Waals surface area contributed by atoms with Crippen LogP contribution in [-0.4, -0.2) is 11.1 Å². The van der Waals surface area contributed by atoms with Crippen LogP contribution in [0, 0.1) is 5.82 Å². The maximum Gasteiger partial charge on any atom is 0.314 e. The molecule has 0 bridgehead atoms. The molecule has 1 fully saturated rings. The second-order valence-electron chi connectivity index (χ2n) is 4.67. The van der Waals surface area contributed by atoms with Crippen molar-refractivity contribution in [1.29, 1.82) is 0 Å². The zero-order valence-corrected chi connectivity index (χ0v) is 12.0. The first-order valence-electron chi connectivity index (χ1n) is 5.86. The molecule has 5 heteroatoms. The second kappa shape index (κ2) is 5.17. The lowest BCUT2D eigenvalue weighted by atomic mass is 9.69. The fourth-order valence-corrected chi connectivity index (χ4v) is 3.44. The van der Waals surface area contributed by atoms with Gasteiger partial charge in [0.2, 0.25) is 0 Å². The highest BCUT2D eigenvalue weighted by atomic mass is 79.9. The van der Waals surface area contributed by atoms with Crippen molar-refractivity contribution >= 4 is 33.5 Å². The average Bonchev–Trinajstić information content (AvgIpc) is 2.37. The number of rotatable bonds is 2. The van der Waals surface area contributed by atoms with E-state index >= 15 is 0 Å². The van der Waals surface area contributed by atoms with E-state index in [4.69, 9.17) is 11.6 Å². The third kappa shape index (κ3) is 2.16. The lowest BCUT2D eigenvalue weighted by Crippen LogP contribution is -2.38. The molecule has 1 saturated carbocycles. The van der Waals surface area contributed by atoms with Crippen LogP contribution in [0.25, 0.3) is 0 Å². The molecule has 0 amide bonds. The van der Waals surface area contributed by atoms with E-state index in [-0.39, 0.29) is 9.50 Å². The van der Waals surface area contributed by atoms with Crippen molar-refractivity contribution in [3.05, 3.63) is 33.0 Å². The Balaban J connectivity index is 2.56. The molecule has 0 aromatic heterocycles. The second-order valence-corrected chi connectivity index (χ2v) is 5.90. The SMILES string of the molecule is O=C(O)C1(c2ccc(Br)c(F)c2Cl)CCCCC1. The smallest absolute Gasteiger partial charge is 0.314 e. The Morgan fingerprint density at radius 2 is 1.94 bits per heavy atom. The van der Waals surface area contributed by atoms with Crippen molar-refractivity contribution in [1.82, 2.24) is 0 Å². The third-order valence-electron chi connectivity index (χ3n) is 3.67. The summed E-state index contributed by atoms with van der Waals surface area (Å²) in [7, 11) is 0. The Morgan fingerprint density at radius 3 is 2.50 bits per heavy atom. The maximum absolute atomic E-state index is 13.8. The number of carboxylic acids is 1. The summed E-state index contributed by atoms with van der Waals surface area (Å²) in [6, 6.07) is 3.14. The summed E-state index contributed by atoms with van der Waals surface area (Å²) in [5.41, 5.74) is -0.631. The number of hydrogen-bond acceptors (Lipinski definition) is 1. The molecule has 0 spiro atoms. The standard InChI is InChI=1S/C13H13BrClFO2/c14-9-5-4-8(10(15)11(9)16)13(12(17)18)6-2-1-3-7-13/h4-5H,1-3,6-7H2,(H,17,18). The molecule has 0 atom stereocenters. The molecule has 0 radical (unpaired) electrons. The van der Waals surface area contributed by atoms with Crippen LogP contribution >= 0.6 is 27.5 Å². The number of halogens is 3.